The first-order valence-electron chi connectivity index (χ1n) is 9.06. The molecular weight excluding hydrogens is 356 g/mol. The Bertz CT molecular complexity index is 984. The summed E-state index contributed by atoms with van der Waals surface area (Å²) in [6, 6.07) is 15.3. The predicted octanol–water partition coefficient (Wildman–Crippen LogP) is 1.96. The summed E-state index contributed by atoms with van der Waals surface area (Å²) in [5.74, 6) is -0.522. The number of likely N-dealkylation sites (tertiary alicyclic amines) is 1. The van der Waals surface area contributed by atoms with Crippen molar-refractivity contribution in [1.29, 1.82) is 0 Å². The molecule has 2 heterocycles. The molecule has 0 saturated carbocycles. The molecule has 2 amide bonds. The highest BCUT2D eigenvalue weighted by Gasteiger charge is 2.34. The normalized spacial score (nSPS) is 16.4. The lowest BCUT2D eigenvalue weighted by Crippen LogP contribution is -2.28. The maximum absolute atomic E-state index is 12.7. The van der Waals surface area contributed by atoms with Gasteiger partial charge in [0, 0.05) is 25.2 Å². The van der Waals surface area contributed by atoms with Gasteiger partial charge in [0.25, 0.3) is 0 Å². The number of anilines is 1. The molecule has 8 heteroatoms. The van der Waals surface area contributed by atoms with Crippen molar-refractivity contribution in [2.24, 2.45) is 5.92 Å². The van der Waals surface area contributed by atoms with Gasteiger partial charge in [0.1, 0.15) is 6.33 Å². The molecule has 4 rings (SSSR count). The van der Waals surface area contributed by atoms with E-state index in [0.29, 0.717) is 18.8 Å². The molecule has 3 aromatic rings. The molecular formula is C20H20N6O2. The molecule has 2 aromatic carbocycles. The number of nitrogens with zero attached hydrogens (tertiary/aromatic N) is 5. The molecule has 0 radical (unpaired) electrons. The van der Waals surface area contributed by atoms with E-state index in [-0.39, 0.29) is 24.2 Å². The van der Waals surface area contributed by atoms with Gasteiger partial charge in [-0.25, -0.2) is 4.68 Å². The van der Waals surface area contributed by atoms with E-state index in [1.165, 1.54) is 16.6 Å². The van der Waals surface area contributed by atoms with E-state index < -0.39 is 0 Å². The summed E-state index contributed by atoms with van der Waals surface area (Å²) < 4.78 is 1.51. The zero-order valence-electron chi connectivity index (χ0n) is 15.4. The van der Waals surface area contributed by atoms with E-state index in [2.05, 4.69) is 20.8 Å². The van der Waals surface area contributed by atoms with Crippen LogP contribution in [-0.2, 0) is 16.1 Å². The molecule has 1 atom stereocenters. The molecule has 0 spiro atoms. The van der Waals surface area contributed by atoms with E-state index in [9.17, 15) is 9.59 Å². The number of tetrazole rings is 1. The third-order valence-corrected chi connectivity index (χ3v) is 4.81. The summed E-state index contributed by atoms with van der Waals surface area (Å²) in [6.07, 6.45) is 1.71. The van der Waals surface area contributed by atoms with Gasteiger partial charge in [-0.05, 0) is 41.1 Å². The van der Waals surface area contributed by atoms with E-state index in [1.807, 2.05) is 43.3 Å². The number of aromatic nitrogens is 4. The average Bonchev–Trinajstić information content (AvgIpc) is 3.34. The first-order valence-corrected chi connectivity index (χ1v) is 9.06. The number of amides is 2. The predicted molar refractivity (Wildman–Crippen MR) is 102 cm³/mol. The highest BCUT2D eigenvalue weighted by atomic mass is 16.2. The summed E-state index contributed by atoms with van der Waals surface area (Å²) in [5, 5.41) is 14.0. The van der Waals surface area contributed by atoms with Gasteiger partial charge in [-0.15, -0.1) is 5.10 Å². The fraction of sp³-hybridized carbons (Fsp3) is 0.250. The van der Waals surface area contributed by atoms with Gasteiger partial charge >= 0.3 is 0 Å². The molecule has 8 nitrogen and oxygen atoms in total. The van der Waals surface area contributed by atoms with Crippen LogP contribution in [0.5, 0.6) is 0 Å². The summed E-state index contributed by atoms with van der Waals surface area (Å²) in [4.78, 5) is 26.7. The summed E-state index contributed by atoms with van der Waals surface area (Å²) in [6.45, 7) is 2.97. The van der Waals surface area contributed by atoms with Gasteiger partial charge in [-0.3, -0.25) is 9.59 Å². The number of hydrogen-bond acceptors (Lipinski definition) is 5. The number of aryl methyl sites for hydroxylation is 1. The third kappa shape index (κ3) is 3.90. The molecule has 1 aliphatic rings. The van der Waals surface area contributed by atoms with Crippen molar-refractivity contribution in [3.8, 4) is 5.69 Å². The maximum atomic E-state index is 12.7. The van der Waals surface area contributed by atoms with E-state index in [4.69, 9.17) is 0 Å². The zero-order chi connectivity index (χ0) is 19.5. The molecule has 1 aliphatic heterocycles. The Morgan fingerprint density at radius 3 is 2.79 bits per heavy atom. The number of carbonyl (C=O) groups excluding carboxylic acids is 2. The maximum Gasteiger partial charge on any atom is 0.229 e. The van der Waals surface area contributed by atoms with Crippen LogP contribution in [0.15, 0.2) is 54.9 Å². The molecule has 0 bridgehead atoms. The van der Waals surface area contributed by atoms with Crippen LogP contribution in [0, 0.1) is 12.8 Å². The molecule has 1 unspecified atom stereocenters. The summed E-state index contributed by atoms with van der Waals surface area (Å²) in [5.41, 5.74) is 3.63. The zero-order valence-corrected chi connectivity index (χ0v) is 15.4. The quantitative estimate of drug-likeness (QED) is 0.735. The van der Waals surface area contributed by atoms with Crippen molar-refractivity contribution in [3.63, 3.8) is 0 Å². The van der Waals surface area contributed by atoms with Gasteiger partial charge in [-0.1, -0.05) is 35.9 Å². The molecule has 0 aliphatic carbocycles. The van der Waals surface area contributed by atoms with Gasteiger partial charge in [0.15, 0.2) is 0 Å². The highest BCUT2D eigenvalue weighted by molar-refractivity contribution is 5.97. The van der Waals surface area contributed by atoms with Crippen LogP contribution in [0.2, 0.25) is 0 Å². The Labute approximate surface area is 162 Å². The number of nitrogens with one attached hydrogen (secondary N) is 1. The minimum absolute atomic E-state index is 0.00293. The van der Waals surface area contributed by atoms with Crippen LogP contribution in [0.3, 0.4) is 0 Å². The molecule has 1 aromatic heterocycles. The Hall–Kier alpha value is -3.55. The highest BCUT2D eigenvalue weighted by Crippen LogP contribution is 2.23. The topological polar surface area (TPSA) is 93.0 Å². The molecule has 1 N–H and O–H groups in total. The van der Waals surface area contributed by atoms with Gasteiger partial charge in [-0.2, -0.15) is 0 Å². The Balaban J connectivity index is 1.40. The van der Waals surface area contributed by atoms with E-state index in [1.54, 1.807) is 17.0 Å². The van der Waals surface area contributed by atoms with Crippen molar-refractivity contribution >= 4 is 17.5 Å². The van der Waals surface area contributed by atoms with E-state index in [0.717, 1.165) is 11.3 Å². The molecule has 1 fully saturated rings. The molecule has 1 saturated heterocycles. The molecule has 142 valence electrons. The van der Waals surface area contributed by atoms with E-state index >= 15 is 0 Å². The Morgan fingerprint density at radius 1 is 1.21 bits per heavy atom. The number of hydrogen-bond donors (Lipinski definition) is 1. The SMILES string of the molecule is Cc1ccc(CN2CC(C(=O)Nc3cccc(-n4cnnn4)c3)CC2=O)cc1. The van der Waals surface area contributed by atoms with Gasteiger partial charge in [0.05, 0.1) is 11.6 Å². The van der Waals surface area contributed by atoms with Crippen molar-refractivity contribution < 1.29 is 9.59 Å². The van der Waals surface area contributed by atoms with Crippen LogP contribution in [0.4, 0.5) is 5.69 Å². The number of carbonyl (C=O) groups is 2. The molecule has 28 heavy (non-hydrogen) atoms. The van der Waals surface area contributed by atoms with Crippen LogP contribution in [0.1, 0.15) is 17.5 Å². The second-order valence-electron chi connectivity index (χ2n) is 6.95. The van der Waals surface area contributed by atoms with Crippen LogP contribution < -0.4 is 5.32 Å². The Kier molecular flexibility index (Phi) is 4.84. The van der Waals surface area contributed by atoms with Crippen LogP contribution in [-0.4, -0.2) is 43.5 Å². The summed E-state index contributed by atoms with van der Waals surface area (Å²) in [7, 11) is 0. The standard InChI is InChI=1S/C20H20N6O2/c1-14-5-7-15(8-6-14)11-25-12-16(9-19(25)27)20(28)22-17-3-2-4-18(10-17)26-13-21-23-24-26/h2-8,10,13,16H,9,11-12H2,1H3,(H,22,28). The fourth-order valence-corrected chi connectivity index (χ4v) is 3.26. The lowest BCUT2D eigenvalue weighted by atomic mass is 10.1. The minimum atomic E-state index is -0.366. The minimum Gasteiger partial charge on any atom is -0.338 e. The third-order valence-electron chi connectivity index (χ3n) is 4.81. The summed E-state index contributed by atoms with van der Waals surface area (Å²) >= 11 is 0. The first kappa shape index (κ1) is 17.8. The van der Waals surface area contributed by atoms with Crippen molar-refractivity contribution in [3.05, 3.63) is 66.0 Å². The smallest absolute Gasteiger partial charge is 0.229 e. The van der Waals surface area contributed by atoms with Crippen molar-refractivity contribution in [1.82, 2.24) is 25.1 Å². The lowest BCUT2D eigenvalue weighted by Gasteiger charge is -2.17. The first-order chi connectivity index (χ1) is 13.6. The lowest BCUT2D eigenvalue weighted by molar-refractivity contribution is -0.128. The monoisotopic (exact) mass is 376 g/mol. The Morgan fingerprint density at radius 2 is 2.04 bits per heavy atom. The average molecular weight is 376 g/mol. The number of benzene rings is 2. The number of rotatable bonds is 5. The second kappa shape index (κ2) is 7.59. The van der Waals surface area contributed by atoms with Crippen molar-refractivity contribution in [2.45, 2.75) is 19.9 Å². The van der Waals surface area contributed by atoms with Gasteiger partial charge in [0.2, 0.25) is 11.8 Å². The van der Waals surface area contributed by atoms with Crippen LogP contribution in [0.25, 0.3) is 5.69 Å². The second-order valence-corrected chi connectivity index (χ2v) is 6.95. The van der Waals surface area contributed by atoms with Gasteiger partial charge < -0.3 is 10.2 Å². The van der Waals surface area contributed by atoms with Crippen LogP contribution >= 0.6 is 0 Å². The van der Waals surface area contributed by atoms with Crippen molar-refractivity contribution in [2.75, 3.05) is 11.9 Å². The fourth-order valence-electron chi connectivity index (χ4n) is 3.26. The largest absolute Gasteiger partial charge is 0.338 e.